The highest BCUT2D eigenvalue weighted by Gasteiger charge is 2.22. The fourth-order valence-electron chi connectivity index (χ4n) is 2.34. The van der Waals surface area contributed by atoms with Gasteiger partial charge in [0, 0.05) is 32.4 Å². The lowest BCUT2D eigenvalue weighted by Crippen LogP contribution is -2.50. The maximum atomic E-state index is 9.07. The Hall–Kier alpha value is -1.60. The molecule has 1 atom stereocenters. The van der Waals surface area contributed by atoms with Crippen LogP contribution in [-0.4, -0.2) is 42.1 Å². The quantitative estimate of drug-likeness (QED) is 0.813. The van der Waals surface area contributed by atoms with E-state index in [1.54, 1.807) is 0 Å². The molecule has 1 aliphatic heterocycles. The van der Waals surface area contributed by atoms with Crippen LogP contribution in [0.2, 0.25) is 0 Å². The molecule has 4 heteroatoms. The van der Waals surface area contributed by atoms with Gasteiger partial charge in [0.15, 0.2) is 0 Å². The minimum atomic E-state index is 0.0677. The highest BCUT2D eigenvalue weighted by molar-refractivity contribution is 5.39. The first-order chi connectivity index (χ1) is 8.74. The Bertz CT molecular complexity index is 412. The van der Waals surface area contributed by atoms with Gasteiger partial charge in [-0.3, -0.25) is 4.90 Å². The van der Waals surface area contributed by atoms with Crippen molar-refractivity contribution in [3.63, 3.8) is 0 Å². The summed E-state index contributed by atoms with van der Waals surface area (Å²) in [6.45, 7) is 7.92. The van der Waals surface area contributed by atoms with E-state index >= 15 is 0 Å². The van der Waals surface area contributed by atoms with Crippen molar-refractivity contribution >= 4 is 5.82 Å². The minimum absolute atomic E-state index is 0.0677. The Morgan fingerprint density at radius 1 is 1.33 bits per heavy atom. The van der Waals surface area contributed by atoms with Crippen LogP contribution in [-0.2, 0) is 0 Å². The molecule has 4 nitrogen and oxygen atoms in total. The van der Waals surface area contributed by atoms with Crippen LogP contribution in [0, 0.1) is 18.3 Å². The molecule has 2 heterocycles. The molecule has 2 rings (SSSR count). The van der Waals surface area contributed by atoms with Gasteiger partial charge in [-0.15, -0.1) is 0 Å². The summed E-state index contributed by atoms with van der Waals surface area (Å²) in [6.07, 6.45) is 2.81. The van der Waals surface area contributed by atoms with Crippen molar-refractivity contribution < 1.29 is 0 Å². The van der Waals surface area contributed by atoms with Gasteiger partial charge in [-0.1, -0.05) is 13.0 Å². The van der Waals surface area contributed by atoms with Crippen molar-refractivity contribution in [2.45, 2.75) is 26.3 Å². The maximum absolute atomic E-state index is 9.07. The largest absolute Gasteiger partial charge is 0.354 e. The highest BCUT2D eigenvalue weighted by atomic mass is 15.3. The van der Waals surface area contributed by atoms with E-state index in [2.05, 4.69) is 39.9 Å². The van der Waals surface area contributed by atoms with Crippen molar-refractivity contribution in [1.82, 2.24) is 9.88 Å². The smallest absolute Gasteiger partial charge is 0.128 e. The van der Waals surface area contributed by atoms with Crippen molar-refractivity contribution in [1.29, 1.82) is 5.26 Å². The molecule has 1 fully saturated rings. The molecule has 1 saturated heterocycles. The van der Waals surface area contributed by atoms with E-state index in [-0.39, 0.29) is 6.04 Å². The summed E-state index contributed by atoms with van der Waals surface area (Å²) in [6, 6.07) is 6.62. The monoisotopic (exact) mass is 244 g/mol. The number of aryl methyl sites for hydroxylation is 1. The number of pyridine rings is 1. The second kappa shape index (κ2) is 5.83. The molecule has 1 unspecified atom stereocenters. The summed E-state index contributed by atoms with van der Waals surface area (Å²) in [5, 5.41) is 9.07. The van der Waals surface area contributed by atoms with Crippen LogP contribution in [0.1, 0.15) is 18.9 Å². The number of aromatic nitrogens is 1. The average Bonchev–Trinajstić information content (AvgIpc) is 2.42. The van der Waals surface area contributed by atoms with Crippen molar-refractivity contribution in [3.05, 3.63) is 23.9 Å². The molecule has 0 N–H and O–H groups in total. The third-order valence-corrected chi connectivity index (χ3v) is 3.51. The summed E-state index contributed by atoms with van der Waals surface area (Å²) < 4.78 is 0. The van der Waals surface area contributed by atoms with Gasteiger partial charge >= 0.3 is 0 Å². The van der Waals surface area contributed by atoms with E-state index < -0.39 is 0 Å². The van der Waals surface area contributed by atoms with E-state index in [0.717, 1.165) is 38.4 Å². The summed E-state index contributed by atoms with van der Waals surface area (Å²) in [4.78, 5) is 9.01. The molecule has 0 amide bonds. The Labute approximate surface area is 109 Å². The maximum Gasteiger partial charge on any atom is 0.128 e. The van der Waals surface area contributed by atoms with Gasteiger partial charge in [0.1, 0.15) is 5.82 Å². The summed E-state index contributed by atoms with van der Waals surface area (Å²) in [5.41, 5.74) is 1.19. The molecule has 1 aromatic rings. The standard InChI is InChI=1S/C14H20N4/c1-3-13(10-15)17-6-8-18(9-7-17)14-5-4-12(2)11-16-14/h4-5,11,13H,3,6-9H2,1-2H3. The van der Waals surface area contributed by atoms with Crippen LogP contribution in [0.5, 0.6) is 0 Å². The average molecular weight is 244 g/mol. The second-order valence-corrected chi connectivity index (χ2v) is 4.77. The lowest BCUT2D eigenvalue weighted by atomic mass is 10.2. The Morgan fingerprint density at radius 2 is 2.06 bits per heavy atom. The predicted molar refractivity (Wildman–Crippen MR) is 72.5 cm³/mol. The number of nitriles is 1. The van der Waals surface area contributed by atoms with E-state index in [1.165, 1.54) is 5.56 Å². The van der Waals surface area contributed by atoms with Gasteiger partial charge < -0.3 is 4.90 Å². The van der Waals surface area contributed by atoms with E-state index in [1.807, 2.05) is 13.1 Å². The zero-order valence-corrected chi connectivity index (χ0v) is 11.1. The molecule has 18 heavy (non-hydrogen) atoms. The normalized spacial score (nSPS) is 18.4. The molecular formula is C14H20N4. The molecule has 1 aromatic heterocycles. The Morgan fingerprint density at radius 3 is 2.56 bits per heavy atom. The van der Waals surface area contributed by atoms with E-state index in [4.69, 9.17) is 5.26 Å². The topological polar surface area (TPSA) is 43.2 Å². The summed E-state index contributed by atoms with van der Waals surface area (Å²) in [7, 11) is 0. The number of rotatable bonds is 3. The van der Waals surface area contributed by atoms with Gasteiger partial charge in [0.05, 0.1) is 12.1 Å². The number of anilines is 1. The fraction of sp³-hybridized carbons (Fsp3) is 0.571. The molecule has 0 aliphatic carbocycles. The lowest BCUT2D eigenvalue weighted by Gasteiger charge is -2.37. The van der Waals surface area contributed by atoms with Gasteiger partial charge in [-0.2, -0.15) is 5.26 Å². The number of piperazine rings is 1. The van der Waals surface area contributed by atoms with Gasteiger partial charge in [0.2, 0.25) is 0 Å². The van der Waals surface area contributed by atoms with Crippen LogP contribution >= 0.6 is 0 Å². The summed E-state index contributed by atoms with van der Waals surface area (Å²) >= 11 is 0. The fourth-order valence-corrected chi connectivity index (χ4v) is 2.34. The van der Waals surface area contributed by atoms with Crippen LogP contribution in [0.3, 0.4) is 0 Å². The number of nitrogens with zero attached hydrogens (tertiary/aromatic N) is 4. The zero-order valence-electron chi connectivity index (χ0n) is 11.1. The molecule has 1 aliphatic rings. The molecule has 0 aromatic carbocycles. The third-order valence-electron chi connectivity index (χ3n) is 3.51. The van der Waals surface area contributed by atoms with E-state index in [0.29, 0.717) is 0 Å². The number of hydrogen-bond acceptors (Lipinski definition) is 4. The number of hydrogen-bond donors (Lipinski definition) is 0. The Kier molecular flexibility index (Phi) is 4.16. The first kappa shape index (κ1) is 12.8. The Balaban J connectivity index is 1.94. The predicted octanol–water partition coefficient (Wildman–Crippen LogP) is 1.81. The van der Waals surface area contributed by atoms with Gasteiger partial charge in [0.25, 0.3) is 0 Å². The zero-order chi connectivity index (χ0) is 13.0. The van der Waals surface area contributed by atoms with Crippen LogP contribution < -0.4 is 4.90 Å². The van der Waals surface area contributed by atoms with Crippen molar-refractivity contribution in [2.75, 3.05) is 31.1 Å². The second-order valence-electron chi connectivity index (χ2n) is 4.77. The molecule has 96 valence electrons. The van der Waals surface area contributed by atoms with Crippen molar-refractivity contribution in [3.8, 4) is 6.07 Å². The molecule has 0 spiro atoms. The third kappa shape index (κ3) is 2.80. The van der Waals surface area contributed by atoms with Gasteiger partial charge in [-0.05, 0) is 25.0 Å². The van der Waals surface area contributed by atoms with Gasteiger partial charge in [-0.25, -0.2) is 4.98 Å². The molecule has 0 bridgehead atoms. The first-order valence-corrected chi connectivity index (χ1v) is 6.56. The lowest BCUT2D eigenvalue weighted by molar-refractivity contribution is 0.216. The minimum Gasteiger partial charge on any atom is -0.354 e. The van der Waals surface area contributed by atoms with Crippen LogP contribution in [0.25, 0.3) is 0 Å². The molecular weight excluding hydrogens is 224 g/mol. The first-order valence-electron chi connectivity index (χ1n) is 6.56. The SMILES string of the molecule is CCC(C#N)N1CCN(c2ccc(C)cn2)CC1. The van der Waals surface area contributed by atoms with Crippen molar-refractivity contribution in [2.24, 2.45) is 0 Å². The highest BCUT2D eigenvalue weighted by Crippen LogP contribution is 2.15. The van der Waals surface area contributed by atoms with Crippen LogP contribution in [0.15, 0.2) is 18.3 Å². The van der Waals surface area contributed by atoms with Crippen LogP contribution in [0.4, 0.5) is 5.82 Å². The van der Waals surface area contributed by atoms with E-state index in [9.17, 15) is 0 Å². The molecule has 0 radical (unpaired) electrons. The summed E-state index contributed by atoms with van der Waals surface area (Å²) in [5.74, 6) is 1.05. The molecule has 0 saturated carbocycles.